The average molecular weight is 499 g/mol. The van der Waals surface area contributed by atoms with Crippen LogP contribution in [0.1, 0.15) is 5.56 Å². The van der Waals surface area contributed by atoms with Crippen molar-refractivity contribution in [3.05, 3.63) is 98.0 Å². The highest BCUT2D eigenvalue weighted by Crippen LogP contribution is 2.40. The molecule has 0 aliphatic heterocycles. The summed E-state index contributed by atoms with van der Waals surface area (Å²) in [6.45, 7) is 0. The smallest absolute Gasteiger partial charge is 0.258 e. The number of hydrogen-bond donors (Lipinski definition) is 0. The van der Waals surface area contributed by atoms with Gasteiger partial charge in [0.05, 0.1) is 15.5 Å². The Kier molecular flexibility index (Phi) is 6.03. The Hall–Kier alpha value is -2.87. The fourth-order valence-corrected chi connectivity index (χ4v) is 4.30. The molecule has 0 aliphatic carbocycles. The first kappa shape index (κ1) is 20.4. The molecule has 1 aromatic heterocycles. The molecule has 0 amide bonds. The molecule has 0 atom stereocenters. The van der Waals surface area contributed by atoms with Gasteiger partial charge in [-0.25, -0.2) is 9.98 Å². The highest BCUT2D eigenvalue weighted by Gasteiger charge is 2.16. The lowest BCUT2D eigenvalue weighted by Crippen LogP contribution is -1.87. The van der Waals surface area contributed by atoms with Gasteiger partial charge in [-0.3, -0.25) is 10.1 Å². The number of nitrogens with zero attached hydrogens (tertiary/aromatic N) is 3. The van der Waals surface area contributed by atoms with Crippen LogP contribution in [0.4, 0.5) is 10.8 Å². The lowest BCUT2D eigenvalue weighted by molar-refractivity contribution is -0.384. The van der Waals surface area contributed by atoms with E-state index in [2.05, 4.69) is 20.9 Å². The van der Waals surface area contributed by atoms with Gasteiger partial charge in [-0.1, -0.05) is 63.1 Å². The molecular formula is C22H13BrClN3O2S. The van der Waals surface area contributed by atoms with E-state index >= 15 is 0 Å². The van der Waals surface area contributed by atoms with Crippen LogP contribution in [0.3, 0.4) is 0 Å². The minimum atomic E-state index is -0.412. The average Bonchev–Trinajstić information content (AvgIpc) is 3.17. The number of benzene rings is 3. The van der Waals surface area contributed by atoms with E-state index in [4.69, 9.17) is 16.6 Å². The van der Waals surface area contributed by atoms with Crippen molar-refractivity contribution in [2.75, 3.05) is 0 Å². The Morgan fingerprint density at radius 1 is 1.03 bits per heavy atom. The lowest BCUT2D eigenvalue weighted by Gasteiger charge is -2.03. The molecular weight excluding hydrogens is 486 g/mol. The minimum Gasteiger partial charge on any atom is -0.258 e. The minimum absolute atomic E-state index is 0.0456. The number of thiazole rings is 1. The van der Waals surface area contributed by atoms with Crippen LogP contribution in [0.5, 0.6) is 0 Å². The highest BCUT2D eigenvalue weighted by atomic mass is 79.9. The van der Waals surface area contributed by atoms with Crippen LogP contribution in [-0.4, -0.2) is 16.1 Å². The maximum atomic E-state index is 11.0. The molecule has 0 bridgehead atoms. The number of hydrogen-bond acceptors (Lipinski definition) is 5. The molecule has 3 aromatic carbocycles. The Labute approximate surface area is 190 Å². The lowest BCUT2D eigenvalue weighted by atomic mass is 10.1. The largest absolute Gasteiger partial charge is 0.269 e. The molecule has 4 rings (SSSR count). The van der Waals surface area contributed by atoms with Gasteiger partial charge in [0.25, 0.3) is 5.69 Å². The zero-order chi connectivity index (χ0) is 21.1. The summed E-state index contributed by atoms with van der Waals surface area (Å²) >= 11 is 10.9. The van der Waals surface area contributed by atoms with Gasteiger partial charge in [-0.05, 0) is 47.5 Å². The Balaban J connectivity index is 1.76. The van der Waals surface area contributed by atoms with E-state index in [0.29, 0.717) is 10.2 Å². The van der Waals surface area contributed by atoms with Crippen molar-refractivity contribution >= 4 is 55.9 Å². The summed E-state index contributed by atoms with van der Waals surface area (Å²) in [5.41, 5.74) is 3.49. The van der Waals surface area contributed by atoms with Crippen molar-refractivity contribution < 1.29 is 4.92 Å². The third-order valence-electron chi connectivity index (χ3n) is 4.25. The monoisotopic (exact) mass is 497 g/mol. The number of nitro benzene ring substituents is 1. The molecule has 0 saturated carbocycles. The van der Waals surface area contributed by atoms with E-state index in [1.165, 1.54) is 23.5 Å². The molecule has 1 heterocycles. The normalized spacial score (nSPS) is 11.1. The van der Waals surface area contributed by atoms with E-state index in [-0.39, 0.29) is 5.69 Å². The number of non-ortho nitro benzene ring substituents is 1. The Morgan fingerprint density at radius 2 is 1.73 bits per heavy atom. The standard InChI is InChI=1S/C22H13BrClN3O2S/c23-17-3-1-2-14(12-17)13-25-22-26-20(15-4-8-18(24)9-5-15)21(30-22)16-6-10-19(11-7-16)27(28)29/h1-13H. The number of halogens is 2. The fraction of sp³-hybridized carbons (Fsp3) is 0. The second-order valence-corrected chi connectivity index (χ2v) is 8.63. The van der Waals surface area contributed by atoms with Crippen LogP contribution in [0.15, 0.2) is 82.3 Å². The van der Waals surface area contributed by atoms with Crippen LogP contribution < -0.4 is 0 Å². The molecule has 4 aromatic rings. The van der Waals surface area contributed by atoms with Crippen molar-refractivity contribution in [1.29, 1.82) is 0 Å². The SMILES string of the molecule is O=[N+]([O-])c1ccc(-c2sc(N=Cc3cccc(Br)c3)nc2-c2ccc(Cl)cc2)cc1. The van der Waals surface area contributed by atoms with Crippen LogP contribution in [-0.2, 0) is 0 Å². The second kappa shape index (κ2) is 8.87. The van der Waals surface area contributed by atoms with Crippen LogP contribution in [0.25, 0.3) is 21.7 Å². The van der Waals surface area contributed by atoms with Crippen molar-refractivity contribution in [3.63, 3.8) is 0 Å². The maximum Gasteiger partial charge on any atom is 0.269 e. The van der Waals surface area contributed by atoms with E-state index in [9.17, 15) is 10.1 Å². The summed E-state index contributed by atoms with van der Waals surface area (Å²) in [6, 6.07) is 21.7. The quantitative estimate of drug-likeness (QED) is 0.162. The summed E-state index contributed by atoms with van der Waals surface area (Å²) in [5.74, 6) is 0. The van der Waals surface area contributed by atoms with Gasteiger partial charge < -0.3 is 0 Å². The predicted octanol–water partition coefficient (Wildman–Crippen LogP) is 7.55. The zero-order valence-corrected chi connectivity index (χ0v) is 18.5. The van der Waals surface area contributed by atoms with Gasteiger partial charge in [-0.15, -0.1) is 0 Å². The van der Waals surface area contributed by atoms with Gasteiger partial charge in [0, 0.05) is 33.4 Å². The molecule has 0 unspecified atom stereocenters. The predicted molar refractivity (Wildman–Crippen MR) is 126 cm³/mol. The van der Waals surface area contributed by atoms with Crippen molar-refractivity contribution in [2.45, 2.75) is 0 Å². The van der Waals surface area contributed by atoms with Gasteiger partial charge in [0.1, 0.15) is 0 Å². The third-order valence-corrected chi connectivity index (χ3v) is 6.00. The molecule has 8 heteroatoms. The Morgan fingerprint density at radius 3 is 2.40 bits per heavy atom. The van der Waals surface area contributed by atoms with E-state index < -0.39 is 4.92 Å². The van der Waals surface area contributed by atoms with Gasteiger partial charge in [0.15, 0.2) is 0 Å². The highest BCUT2D eigenvalue weighted by molar-refractivity contribution is 9.10. The molecule has 0 aliphatic rings. The van der Waals surface area contributed by atoms with Crippen molar-refractivity contribution in [3.8, 4) is 21.7 Å². The zero-order valence-electron chi connectivity index (χ0n) is 15.3. The summed E-state index contributed by atoms with van der Waals surface area (Å²) in [7, 11) is 0. The summed E-state index contributed by atoms with van der Waals surface area (Å²) < 4.78 is 0.971. The van der Waals surface area contributed by atoms with Gasteiger partial charge in [0.2, 0.25) is 5.13 Å². The number of aromatic nitrogens is 1. The topological polar surface area (TPSA) is 68.4 Å². The van der Waals surface area contributed by atoms with Crippen LogP contribution in [0, 0.1) is 10.1 Å². The summed E-state index contributed by atoms with van der Waals surface area (Å²) in [4.78, 5) is 20.7. The number of rotatable bonds is 5. The molecule has 0 radical (unpaired) electrons. The molecule has 0 fully saturated rings. The number of aliphatic imine (C=N–C) groups is 1. The molecule has 5 nitrogen and oxygen atoms in total. The summed E-state index contributed by atoms with van der Waals surface area (Å²) in [5, 5.41) is 12.2. The first-order chi connectivity index (χ1) is 14.5. The van der Waals surface area contributed by atoms with Gasteiger partial charge in [-0.2, -0.15) is 0 Å². The third kappa shape index (κ3) is 4.64. The Bertz CT molecular complexity index is 1240. The van der Waals surface area contributed by atoms with Crippen LogP contribution in [0.2, 0.25) is 5.02 Å². The molecule has 30 heavy (non-hydrogen) atoms. The molecule has 0 N–H and O–H groups in total. The summed E-state index contributed by atoms with van der Waals surface area (Å²) in [6.07, 6.45) is 1.76. The van der Waals surface area contributed by atoms with E-state index in [1.54, 1.807) is 30.5 Å². The van der Waals surface area contributed by atoms with E-state index in [0.717, 1.165) is 31.7 Å². The van der Waals surface area contributed by atoms with Gasteiger partial charge >= 0.3 is 0 Å². The fourth-order valence-electron chi connectivity index (χ4n) is 2.81. The first-order valence-electron chi connectivity index (χ1n) is 8.81. The van der Waals surface area contributed by atoms with E-state index in [1.807, 2.05) is 36.4 Å². The maximum absolute atomic E-state index is 11.0. The molecule has 0 saturated heterocycles. The second-order valence-electron chi connectivity index (χ2n) is 6.30. The first-order valence-corrected chi connectivity index (χ1v) is 10.8. The molecule has 148 valence electrons. The van der Waals surface area contributed by atoms with Crippen molar-refractivity contribution in [2.24, 2.45) is 4.99 Å². The van der Waals surface area contributed by atoms with Crippen LogP contribution >= 0.6 is 38.9 Å². The molecule has 0 spiro atoms. The number of nitro groups is 1. The van der Waals surface area contributed by atoms with Crippen molar-refractivity contribution in [1.82, 2.24) is 4.98 Å².